The van der Waals surface area contributed by atoms with E-state index in [2.05, 4.69) is 9.80 Å². The standard InChI is InChI=1S/C16H33N3O/c1-20-12-4-5-16(17)14-19-10-6-15(7-11-19)13-18-8-2-3-9-18/h15-16H,2-14,17H2,1H3. The van der Waals surface area contributed by atoms with Gasteiger partial charge in [-0.05, 0) is 70.6 Å². The van der Waals surface area contributed by atoms with Gasteiger partial charge in [-0.15, -0.1) is 0 Å². The van der Waals surface area contributed by atoms with Crippen LogP contribution >= 0.6 is 0 Å². The first-order valence-corrected chi connectivity index (χ1v) is 8.47. The van der Waals surface area contributed by atoms with Crippen LogP contribution < -0.4 is 5.73 Å². The Morgan fingerprint density at radius 3 is 2.45 bits per heavy atom. The van der Waals surface area contributed by atoms with Gasteiger partial charge in [0.05, 0.1) is 0 Å². The molecule has 2 fully saturated rings. The lowest BCUT2D eigenvalue weighted by molar-refractivity contribution is 0.143. The first-order chi connectivity index (χ1) is 9.78. The van der Waals surface area contributed by atoms with Crippen molar-refractivity contribution in [3.63, 3.8) is 0 Å². The molecule has 2 saturated heterocycles. The van der Waals surface area contributed by atoms with Crippen LogP contribution in [0.25, 0.3) is 0 Å². The average Bonchev–Trinajstić information content (AvgIpc) is 2.94. The van der Waals surface area contributed by atoms with Gasteiger partial charge in [0.1, 0.15) is 0 Å². The van der Waals surface area contributed by atoms with Gasteiger partial charge in [-0.3, -0.25) is 0 Å². The summed E-state index contributed by atoms with van der Waals surface area (Å²) in [5, 5.41) is 0. The second-order valence-electron chi connectivity index (χ2n) is 6.65. The van der Waals surface area contributed by atoms with Gasteiger partial charge in [0, 0.05) is 32.8 Å². The predicted octanol–water partition coefficient (Wildman–Crippen LogP) is 1.55. The maximum atomic E-state index is 6.21. The predicted molar refractivity (Wildman–Crippen MR) is 83.9 cm³/mol. The lowest BCUT2D eigenvalue weighted by atomic mass is 9.95. The van der Waals surface area contributed by atoms with Crippen molar-refractivity contribution < 1.29 is 4.74 Å². The Bertz CT molecular complexity index is 248. The quantitative estimate of drug-likeness (QED) is 0.686. The fourth-order valence-electron chi connectivity index (χ4n) is 3.59. The molecule has 2 aliphatic rings. The van der Waals surface area contributed by atoms with E-state index < -0.39 is 0 Å². The average molecular weight is 283 g/mol. The molecule has 0 aromatic heterocycles. The van der Waals surface area contributed by atoms with Crippen LogP contribution in [0.3, 0.4) is 0 Å². The Balaban J connectivity index is 1.56. The molecule has 0 spiro atoms. The van der Waals surface area contributed by atoms with Gasteiger partial charge in [0.25, 0.3) is 0 Å². The third-order valence-electron chi connectivity index (χ3n) is 4.84. The minimum Gasteiger partial charge on any atom is -0.385 e. The Morgan fingerprint density at radius 1 is 1.10 bits per heavy atom. The minimum absolute atomic E-state index is 0.320. The van der Waals surface area contributed by atoms with Crippen LogP contribution in [0, 0.1) is 5.92 Å². The highest BCUT2D eigenvalue weighted by Crippen LogP contribution is 2.20. The second-order valence-corrected chi connectivity index (χ2v) is 6.65. The van der Waals surface area contributed by atoms with Gasteiger partial charge in [-0.1, -0.05) is 0 Å². The van der Waals surface area contributed by atoms with Crippen LogP contribution in [0.1, 0.15) is 38.5 Å². The summed E-state index contributed by atoms with van der Waals surface area (Å²) in [5.41, 5.74) is 6.21. The molecule has 1 atom stereocenters. The van der Waals surface area contributed by atoms with Crippen molar-refractivity contribution in [2.24, 2.45) is 11.7 Å². The van der Waals surface area contributed by atoms with Crippen LogP contribution in [0.2, 0.25) is 0 Å². The molecule has 0 aliphatic carbocycles. The minimum atomic E-state index is 0.320. The Morgan fingerprint density at radius 2 is 1.80 bits per heavy atom. The number of likely N-dealkylation sites (tertiary alicyclic amines) is 2. The third kappa shape index (κ3) is 5.68. The lowest BCUT2D eigenvalue weighted by Gasteiger charge is -2.35. The highest BCUT2D eigenvalue weighted by atomic mass is 16.5. The molecule has 0 amide bonds. The van der Waals surface area contributed by atoms with Crippen LogP contribution in [0.4, 0.5) is 0 Å². The van der Waals surface area contributed by atoms with Crippen LogP contribution in [0.15, 0.2) is 0 Å². The van der Waals surface area contributed by atoms with Crippen LogP contribution in [-0.2, 0) is 4.74 Å². The fourth-order valence-corrected chi connectivity index (χ4v) is 3.59. The van der Waals surface area contributed by atoms with Gasteiger partial charge >= 0.3 is 0 Å². The molecular weight excluding hydrogens is 250 g/mol. The molecule has 4 heteroatoms. The number of piperidine rings is 1. The Labute approximate surface area is 124 Å². The van der Waals surface area contributed by atoms with Gasteiger partial charge in [-0.25, -0.2) is 0 Å². The zero-order valence-electron chi connectivity index (χ0n) is 13.2. The summed E-state index contributed by atoms with van der Waals surface area (Å²) in [6, 6.07) is 0.320. The maximum Gasteiger partial charge on any atom is 0.0462 e. The van der Waals surface area contributed by atoms with Crippen molar-refractivity contribution in [2.75, 3.05) is 53.0 Å². The van der Waals surface area contributed by atoms with Crippen molar-refractivity contribution >= 4 is 0 Å². The summed E-state index contributed by atoms with van der Waals surface area (Å²) in [7, 11) is 1.76. The molecule has 4 nitrogen and oxygen atoms in total. The van der Waals surface area contributed by atoms with E-state index in [0.29, 0.717) is 6.04 Å². The zero-order valence-corrected chi connectivity index (χ0v) is 13.2. The largest absolute Gasteiger partial charge is 0.385 e. The molecule has 0 bridgehead atoms. The van der Waals surface area contributed by atoms with E-state index in [0.717, 1.165) is 31.9 Å². The molecule has 2 N–H and O–H groups in total. The summed E-state index contributed by atoms with van der Waals surface area (Å²) < 4.78 is 5.09. The first kappa shape index (κ1) is 16.2. The normalized spacial score (nSPS) is 24.3. The van der Waals surface area contributed by atoms with Crippen molar-refractivity contribution in [3.05, 3.63) is 0 Å². The van der Waals surface area contributed by atoms with Crippen LogP contribution in [0.5, 0.6) is 0 Å². The number of rotatable bonds is 8. The molecule has 0 aromatic rings. The third-order valence-corrected chi connectivity index (χ3v) is 4.84. The van der Waals surface area contributed by atoms with Gasteiger partial charge in [0.2, 0.25) is 0 Å². The monoisotopic (exact) mass is 283 g/mol. The summed E-state index contributed by atoms with van der Waals surface area (Å²) in [6.45, 7) is 8.42. The zero-order chi connectivity index (χ0) is 14.2. The molecule has 20 heavy (non-hydrogen) atoms. The maximum absolute atomic E-state index is 6.21. The van der Waals surface area contributed by atoms with Crippen molar-refractivity contribution in [1.29, 1.82) is 0 Å². The van der Waals surface area contributed by atoms with E-state index in [1.54, 1.807) is 7.11 Å². The molecule has 1 unspecified atom stereocenters. The molecular formula is C16H33N3O. The van der Waals surface area contributed by atoms with E-state index in [-0.39, 0.29) is 0 Å². The molecule has 118 valence electrons. The number of nitrogens with zero attached hydrogens (tertiary/aromatic N) is 2. The van der Waals surface area contributed by atoms with Crippen molar-refractivity contribution in [3.8, 4) is 0 Å². The van der Waals surface area contributed by atoms with Gasteiger partial charge in [-0.2, -0.15) is 0 Å². The number of methoxy groups -OCH3 is 1. The van der Waals surface area contributed by atoms with E-state index in [4.69, 9.17) is 10.5 Å². The summed E-state index contributed by atoms with van der Waals surface area (Å²) >= 11 is 0. The summed E-state index contributed by atoms with van der Waals surface area (Å²) in [5.74, 6) is 0.925. The Hall–Kier alpha value is -0.160. The summed E-state index contributed by atoms with van der Waals surface area (Å²) in [6.07, 6.45) is 7.72. The number of hydrogen-bond donors (Lipinski definition) is 1. The van der Waals surface area contributed by atoms with E-state index in [1.165, 1.54) is 58.4 Å². The van der Waals surface area contributed by atoms with Crippen molar-refractivity contribution in [2.45, 2.75) is 44.6 Å². The summed E-state index contributed by atoms with van der Waals surface area (Å²) in [4.78, 5) is 5.23. The molecule has 2 rings (SSSR count). The van der Waals surface area contributed by atoms with E-state index in [1.807, 2.05) is 0 Å². The SMILES string of the molecule is COCCCC(N)CN1CCC(CN2CCCC2)CC1. The van der Waals surface area contributed by atoms with Gasteiger partial charge in [0.15, 0.2) is 0 Å². The van der Waals surface area contributed by atoms with E-state index in [9.17, 15) is 0 Å². The van der Waals surface area contributed by atoms with Crippen molar-refractivity contribution in [1.82, 2.24) is 9.80 Å². The van der Waals surface area contributed by atoms with Gasteiger partial charge < -0.3 is 20.3 Å². The topological polar surface area (TPSA) is 41.7 Å². The molecule has 0 radical (unpaired) electrons. The first-order valence-electron chi connectivity index (χ1n) is 8.47. The lowest BCUT2D eigenvalue weighted by Crippen LogP contribution is -2.43. The molecule has 2 aliphatic heterocycles. The second kappa shape index (κ2) is 8.98. The molecule has 2 heterocycles. The highest BCUT2D eigenvalue weighted by Gasteiger charge is 2.23. The van der Waals surface area contributed by atoms with Crippen LogP contribution in [-0.4, -0.2) is 68.8 Å². The number of ether oxygens (including phenoxy) is 1. The fraction of sp³-hybridized carbons (Fsp3) is 1.00. The Kier molecular flexibility index (Phi) is 7.28. The molecule has 0 aromatic carbocycles. The molecule has 0 saturated carbocycles. The smallest absolute Gasteiger partial charge is 0.0462 e. The number of hydrogen-bond acceptors (Lipinski definition) is 4. The highest BCUT2D eigenvalue weighted by molar-refractivity contribution is 4.79. The van der Waals surface area contributed by atoms with E-state index >= 15 is 0 Å². The number of nitrogens with two attached hydrogens (primary N) is 1.